The molecule has 2 aromatic rings. The van der Waals surface area contributed by atoms with Crippen molar-refractivity contribution < 1.29 is 9.47 Å². The summed E-state index contributed by atoms with van der Waals surface area (Å²) in [5.41, 5.74) is 5.28. The molecule has 3 rings (SSSR count). The van der Waals surface area contributed by atoms with Crippen LogP contribution < -0.4 is 0 Å². The van der Waals surface area contributed by atoms with Gasteiger partial charge in [0.05, 0.1) is 19.0 Å². The molecule has 2 atom stereocenters. The normalized spacial score (nSPS) is 24.3. The summed E-state index contributed by atoms with van der Waals surface area (Å²) in [6.07, 6.45) is 7.39. The van der Waals surface area contributed by atoms with E-state index in [4.69, 9.17) is 9.47 Å². The van der Waals surface area contributed by atoms with E-state index < -0.39 is 5.79 Å². The lowest BCUT2D eigenvalue weighted by atomic mass is 9.92. The fourth-order valence-corrected chi connectivity index (χ4v) is 3.49. The molecule has 1 fully saturated rings. The van der Waals surface area contributed by atoms with E-state index in [-0.39, 0.29) is 6.10 Å². The fraction of sp³-hybridized carbons (Fsp3) is 0.526. The number of benzene rings is 1. The number of imidazole rings is 1. The highest BCUT2D eigenvalue weighted by atomic mass is 16.7. The van der Waals surface area contributed by atoms with Crippen molar-refractivity contribution in [2.24, 2.45) is 0 Å². The Hall–Kier alpha value is -1.65. The van der Waals surface area contributed by atoms with Crippen molar-refractivity contribution in [3.05, 3.63) is 53.1 Å². The lowest BCUT2D eigenvalue weighted by molar-refractivity contribution is -0.172. The minimum absolute atomic E-state index is 0.142. The molecule has 0 aliphatic carbocycles. The quantitative estimate of drug-likeness (QED) is 0.846. The third kappa shape index (κ3) is 3.65. The maximum absolute atomic E-state index is 6.24. The summed E-state index contributed by atoms with van der Waals surface area (Å²) in [5.74, 6) is -0.533. The number of hydrogen-bond donors (Lipinski definition) is 0. The summed E-state index contributed by atoms with van der Waals surface area (Å²) in [4.78, 5) is 4.11. The maximum atomic E-state index is 6.24. The van der Waals surface area contributed by atoms with Crippen LogP contribution in [0, 0.1) is 20.8 Å². The first-order valence-corrected chi connectivity index (χ1v) is 8.32. The highest BCUT2D eigenvalue weighted by Gasteiger charge is 2.40. The topological polar surface area (TPSA) is 36.3 Å². The molecular formula is C19H26N2O2. The summed E-state index contributed by atoms with van der Waals surface area (Å²) >= 11 is 0. The number of aryl methyl sites for hydroxylation is 4. The van der Waals surface area contributed by atoms with Crippen LogP contribution in [0.3, 0.4) is 0 Å². The van der Waals surface area contributed by atoms with Gasteiger partial charge in [0.25, 0.3) is 0 Å². The Morgan fingerprint density at radius 2 is 2.00 bits per heavy atom. The zero-order valence-electron chi connectivity index (χ0n) is 14.5. The summed E-state index contributed by atoms with van der Waals surface area (Å²) in [6, 6.07) is 4.48. The molecule has 1 saturated heterocycles. The third-order valence-electron chi connectivity index (χ3n) is 4.59. The first-order valence-electron chi connectivity index (χ1n) is 8.32. The van der Waals surface area contributed by atoms with E-state index >= 15 is 0 Å². The van der Waals surface area contributed by atoms with Gasteiger partial charge in [0.15, 0.2) is 5.79 Å². The Morgan fingerprint density at radius 3 is 2.57 bits per heavy atom. The molecule has 0 N–H and O–H groups in total. The van der Waals surface area contributed by atoms with Crippen LogP contribution in [0.2, 0.25) is 0 Å². The van der Waals surface area contributed by atoms with Crippen LogP contribution in [0.4, 0.5) is 0 Å². The third-order valence-corrected chi connectivity index (χ3v) is 4.59. The van der Waals surface area contributed by atoms with E-state index in [9.17, 15) is 0 Å². The molecule has 23 heavy (non-hydrogen) atoms. The van der Waals surface area contributed by atoms with Crippen molar-refractivity contribution in [1.82, 2.24) is 9.55 Å². The van der Waals surface area contributed by atoms with Crippen LogP contribution in [-0.4, -0.2) is 28.0 Å². The van der Waals surface area contributed by atoms with Gasteiger partial charge in [0.1, 0.15) is 0 Å². The van der Waals surface area contributed by atoms with Gasteiger partial charge in [-0.1, -0.05) is 17.7 Å². The van der Waals surface area contributed by atoms with Gasteiger partial charge in [-0.3, -0.25) is 0 Å². The second kappa shape index (κ2) is 6.46. The molecule has 4 heteroatoms. The lowest BCUT2D eigenvalue weighted by Gasteiger charge is -2.30. The van der Waals surface area contributed by atoms with Crippen LogP contribution in [0.1, 0.15) is 35.6 Å². The van der Waals surface area contributed by atoms with Gasteiger partial charge < -0.3 is 14.0 Å². The van der Waals surface area contributed by atoms with E-state index in [1.165, 1.54) is 22.3 Å². The fourth-order valence-electron chi connectivity index (χ4n) is 3.49. The van der Waals surface area contributed by atoms with Gasteiger partial charge in [-0.2, -0.15) is 0 Å². The molecule has 0 saturated carbocycles. The van der Waals surface area contributed by atoms with Crippen molar-refractivity contribution in [1.29, 1.82) is 0 Å². The zero-order valence-corrected chi connectivity index (χ0v) is 14.5. The Labute approximate surface area is 138 Å². The largest absolute Gasteiger partial charge is 0.347 e. The number of nitrogens with zero attached hydrogens (tertiary/aromatic N) is 2. The number of ether oxygens (including phenoxy) is 2. The van der Waals surface area contributed by atoms with E-state index in [2.05, 4.69) is 49.4 Å². The Bertz CT molecular complexity index is 643. The highest BCUT2D eigenvalue weighted by molar-refractivity contribution is 5.38. The molecule has 1 aromatic heterocycles. The second-order valence-corrected chi connectivity index (χ2v) is 6.75. The summed E-state index contributed by atoms with van der Waals surface area (Å²) < 4.78 is 14.5. The molecule has 124 valence electrons. The molecule has 1 aromatic carbocycles. The molecular weight excluding hydrogens is 288 g/mol. The molecule has 2 unspecified atom stereocenters. The minimum Gasteiger partial charge on any atom is -0.347 e. The molecule has 2 heterocycles. The lowest BCUT2D eigenvalue weighted by Crippen LogP contribution is -2.35. The van der Waals surface area contributed by atoms with Crippen LogP contribution in [-0.2, 0) is 22.4 Å². The van der Waals surface area contributed by atoms with Gasteiger partial charge in [0.2, 0.25) is 0 Å². The van der Waals surface area contributed by atoms with Crippen molar-refractivity contribution in [2.75, 3.05) is 6.61 Å². The Balaban J connectivity index is 1.82. The average molecular weight is 314 g/mol. The van der Waals surface area contributed by atoms with Gasteiger partial charge in [0, 0.05) is 31.8 Å². The standard InChI is InChI=1S/C19H26N2O2/c1-14-9-15(2)18(16(3)10-14)11-19(22-12-17(4)23-19)5-7-21-8-6-20-13-21/h6,8-10,13,17H,5,7,11-12H2,1-4H3. The van der Waals surface area contributed by atoms with Crippen LogP contribution in [0.5, 0.6) is 0 Å². The molecule has 0 amide bonds. The van der Waals surface area contributed by atoms with Crippen molar-refractivity contribution in [3.63, 3.8) is 0 Å². The number of hydrogen-bond acceptors (Lipinski definition) is 3. The second-order valence-electron chi connectivity index (χ2n) is 6.75. The first-order chi connectivity index (χ1) is 11.0. The number of aromatic nitrogens is 2. The van der Waals surface area contributed by atoms with Crippen molar-refractivity contribution in [2.45, 2.75) is 59.0 Å². The van der Waals surface area contributed by atoms with Crippen molar-refractivity contribution >= 4 is 0 Å². The molecule has 0 spiro atoms. The smallest absolute Gasteiger partial charge is 0.174 e. The van der Waals surface area contributed by atoms with E-state index in [1.54, 1.807) is 6.20 Å². The Kier molecular flexibility index (Phi) is 4.55. The molecule has 1 aliphatic heterocycles. The van der Waals surface area contributed by atoms with E-state index in [0.29, 0.717) is 6.61 Å². The molecule has 0 bridgehead atoms. The molecule has 1 aliphatic rings. The van der Waals surface area contributed by atoms with E-state index in [1.807, 2.05) is 12.5 Å². The monoisotopic (exact) mass is 314 g/mol. The average Bonchev–Trinajstić information content (AvgIpc) is 3.11. The molecule has 0 radical (unpaired) electrons. The predicted octanol–water partition coefficient (Wildman–Crippen LogP) is 3.57. The van der Waals surface area contributed by atoms with Crippen molar-refractivity contribution in [3.8, 4) is 0 Å². The summed E-state index contributed by atoms with van der Waals surface area (Å²) in [6.45, 7) is 10.1. The SMILES string of the molecule is Cc1cc(C)c(CC2(CCn3ccnc3)OCC(C)O2)c(C)c1. The van der Waals surface area contributed by atoms with Gasteiger partial charge in [-0.25, -0.2) is 4.98 Å². The van der Waals surface area contributed by atoms with E-state index in [0.717, 1.165) is 19.4 Å². The minimum atomic E-state index is -0.533. The summed E-state index contributed by atoms with van der Waals surface area (Å²) in [5, 5.41) is 0. The summed E-state index contributed by atoms with van der Waals surface area (Å²) in [7, 11) is 0. The van der Waals surface area contributed by atoms with Crippen LogP contribution in [0.15, 0.2) is 30.9 Å². The highest BCUT2D eigenvalue weighted by Crippen LogP contribution is 2.33. The zero-order chi connectivity index (χ0) is 16.4. The Morgan fingerprint density at radius 1 is 1.26 bits per heavy atom. The van der Waals surface area contributed by atoms with Crippen LogP contribution >= 0.6 is 0 Å². The first kappa shape index (κ1) is 16.2. The number of rotatable bonds is 5. The molecule has 4 nitrogen and oxygen atoms in total. The van der Waals surface area contributed by atoms with Gasteiger partial charge in [-0.05, 0) is 44.4 Å². The van der Waals surface area contributed by atoms with Crippen LogP contribution in [0.25, 0.3) is 0 Å². The van der Waals surface area contributed by atoms with Gasteiger partial charge in [-0.15, -0.1) is 0 Å². The maximum Gasteiger partial charge on any atom is 0.174 e. The van der Waals surface area contributed by atoms with Gasteiger partial charge >= 0.3 is 0 Å². The predicted molar refractivity (Wildman–Crippen MR) is 90.4 cm³/mol.